The lowest BCUT2D eigenvalue weighted by Crippen LogP contribution is -2.48. The summed E-state index contributed by atoms with van der Waals surface area (Å²) < 4.78 is 37.2. The lowest BCUT2D eigenvalue weighted by Gasteiger charge is -2.33. The smallest absolute Gasteiger partial charge is 0.343 e. The molecular weight excluding hydrogens is 440 g/mol. The molecule has 0 saturated carbocycles. The van der Waals surface area contributed by atoms with E-state index in [0.29, 0.717) is 26.2 Å². The Kier molecular flexibility index (Phi) is 8.09. The molecular formula is C22H25ClN2O5S. The van der Waals surface area contributed by atoms with Gasteiger partial charge in [-0.2, -0.15) is 4.31 Å². The van der Waals surface area contributed by atoms with Crippen molar-refractivity contribution < 1.29 is 22.7 Å². The van der Waals surface area contributed by atoms with Crippen LogP contribution in [0, 0.1) is 0 Å². The number of piperazine rings is 1. The lowest BCUT2D eigenvalue weighted by atomic mass is 10.2. The zero-order valence-corrected chi connectivity index (χ0v) is 18.8. The minimum Gasteiger partial charge on any atom is -0.480 e. The van der Waals surface area contributed by atoms with Gasteiger partial charge in [0.25, 0.3) is 0 Å². The van der Waals surface area contributed by atoms with Gasteiger partial charge >= 0.3 is 5.97 Å². The molecule has 1 fully saturated rings. The molecule has 166 valence electrons. The SMILES string of the molecule is COC(=O)COc1ccc(S(=O)(=O)N2CCN(C/C=C/c3ccccc3)CC2)cc1Cl. The molecule has 7 nitrogen and oxygen atoms in total. The second kappa shape index (κ2) is 10.8. The van der Waals surface area contributed by atoms with E-state index in [0.717, 1.165) is 12.1 Å². The predicted octanol–water partition coefficient (Wildman–Crippen LogP) is 2.91. The summed E-state index contributed by atoms with van der Waals surface area (Å²) in [5.41, 5.74) is 1.14. The fourth-order valence-corrected chi connectivity index (χ4v) is 4.91. The van der Waals surface area contributed by atoms with E-state index < -0.39 is 16.0 Å². The maximum Gasteiger partial charge on any atom is 0.343 e. The van der Waals surface area contributed by atoms with Crippen molar-refractivity contribution in [3.8, 4) is 5.75 Å². The highest BCUT2D eigenvalue weighted by atomic mass is 35.5. The molecule has 0 N–H and O–H groups in total. The molecule has 31 heavy (non-hydrogen) atoms. The fourth-order valence-electron chi connectivity index (χ4n) is 3.16. The van der Waals surface area contributed by atoms with Gasteiger partial charge in [-0.05, 0) is 23.8 Å². The number of methoxy groups -OCH3 is 1. The number of benzene rings is 2. The molecule has 9 heteroatoms. The van der Waals surface area contributed by atoms with Crippen LogP contribution in [-0.4, -0.2) is 70.0 Å². The molecule has 0 aromatic heterocycles. The van der Waals surface area contributed by atoms with Gasteiger partial charge in [-0.3, -0.25) is 4.90 Å². The number of nitrogens with zero attached hydrogens (tertiary/aromatic N) is 2. The van der Waals surface area contributed by atoms with Gasteiger partial charge in [0.1, 0.15) is 5.75 Å². The van der Waals surface area contributed by atoms with Crippen LogP contribution in [0.4, 0.5) is 0 Å². The summed E-state index contributed by atoms with van der Waals surface area (Å²) in [4.78, 5) is 13.5. The van der Waals surface area contributed by atoms with Gasteiger partial charge in [0.2, 0.25) is 10.0 Å². The minimum absolute atomic E-state index is 0.0975. The van der Waals surface area contributed by atoms with Crippen molar-refractivity contribution in [2.45, 2.75) is 4.90 Å². The Balaban J connectivity index is 1.56. The topological polar surface area (TPSA) is 76.1 Å². The average Bonchev–Trinajstić information content (AvgIpc) is 2.79. The number of ether oxygens (including phenoxy) is 2. The first-order valence-corrected chi connectivity index (χ1v) is 11.7. The van der Waals surface area contributed by atoms with Crippen molar-refractivity contribution in [1.82, 2.24) is 9.21 Å². The first-order chi connectivity index (χ1) is 14.9. The number of hydrogen-bond acceptors (Lipinski definition) is 6. The van der Waals surface area contributed by atoms with Crippen molar-refractivity contribution in [2.75, 3.05) is 46.4 Å². The van der Waals surface area contributed by atoms with Gasteiger partial charge in [0, 0.05) is 32.7 Å². The van der Waals surface area contributed by atoms with Gasteiger partial charge < -0.3 is 9.47 Å². The average molecular weight is 465 g/mol. The Morgan fingerprint density at radius 2 is 1.81 bits per heavy atom. The second-order valence-electron chi connectivity index (χ2n) is 6.97. The first-order valence-electron chi connectivity index (χ1n) is 9.83. The first kappa shape index (κ1) is 23.3. The van der Waals surface area contributed by atoms with Crippen molar-refractivity contribution >= 4 is 33.7 Å². The molecule has 3 rings (SSSR count). The van der Waals surface area contributed by atoms with Crippen LogP contribution in [-0.2, 0) is 19.6 Å². The Morgan fingerprint density at radius 1 is 1.10 bits per heavy atom. The van der Waals surface area contributed by atoms with Crippen LogP contribution in [0.25, 0.3) is 6.08 Å². The van der Waals surface area contributed by atoms with E-state index in [9.17, 15) is 13.2 Å². The van der Waals surface area contributed by atoms with Gasteiger partial charge in [-0.25, -0.2) is 13.2 Å². The molecule has 2 aromatic carbocycles. The van der Waals surface area contributed by atoms with E-state index in [2.05, 4.69) is 21.8 Å². The molecule has 0 radical (unpaired) electrons. The molecule has 1 aliphatic rings. The number of rotatable bonds is 8. The monoisotopic (exact) mass is 464 g/mol. The molecule has 0 bridgehead atoms. The molecule has 0 spiro atoms. The molecule has 0 atom stereocenters. The van der Waals surface area contributed by atoms with Gasteiger partial charge in [-0.1, -0.05) is 54.1 Å². The number of carbonyl (C=O) groups excluding carboxylic acids is 1. The van der Waals surface area contributed by atoms with Crippen LogP contribution >= 0.6 is 11.6 Å². The summed E-state index contributed by atoms with van der Waals surface area (Å²) in [5, 5.41) is 0.120. The number of esters is 1. The second-order valence-corrected chi connectivity index (χ2v) is 9.32. The van der Waals surface area contributed by atoms with E-state index in [4.69, 9.17) is 16.3 Å². The third kappa shape index (κ3) is 6.30. The Bertz CT molecular complexity index is 1020. The van der Waals surface area contributed by atoms with Crippen molar-refractivity contribution in [1.29, 1.82) is 0 Å². The molecule has 0 unspecified atom stereocenters. The summed E-state index contributed by atoms with van der Waals surface area (Å²) in [7, 11) is -2.41. The van der Waals surface area contributed by atoms with Crippen LogP contribution in [0.2, 0.25) is 5.02 Å². The van der Waals surface area contributed by atoms with Gasteiger partial charge in [0.05, 0.1) is 17.0 Å². The Labute approximate surface area is 187 Å². The van der Waals surface area contributed by atoms with Crippen LogP contribution in [0.15, 0.2) is 59.5 Å². The zero-order chi connectivity index (χ0) is 22.3. The summed E-state index contributed by atoms with van der Waals surface area (Å²) >= 11 is 6.16. The summed E-state index contributed by atoms with van der Waals surface area (Å²) in [6.45, 7) is 2.56. The van der Waals surface area contributed by atoms with Crippen molar-refractivity contribution in [3.63, 3.8) is 0 Å². The normalized spacial score (nSPS) is 15.8. The van der Waals surface area contributed by atoms with Gasteiger partial charge in [0.15, 0.2) is 6.61 Å². The number of hydrogen-bond donors (Lipinski definition) is 0. The van der Waals surface area contributed by atoms with E-state index in [1.165, 1.54) is 29.6 Å². The van der Waals surface area contributed by atoms with Gasteiger partial charge in [-0.15, -0.1) is 0 Å². The standard InChI is InChI=1S/C22H25ClN2O5S/c1-29-22(26)17-30-21-10-9-19(16-20(21)23)31(27,28)25-14-12-24(13-15-25)11-5-8-18-6-3-2-4-7-18/h2-10,16H,11-15,17H2,1H3/b8-5+. The maximum absolute atomic E-state index is 13.0. The van der Waals surface area contributed by atoms with Crippen molar-refractivity contribution in [3.05, 3.63) is 65.2 Å². The molecule has 1 saturated heterocycles. The summed E-state index contributed by atoms with van der Waals surface area (Å²) in [6, 6.07) is 14.3. The predicted molar refractivity (Wildman–Crippen MR) is 120 cm³/mol. The van der Waals surface area contributed by atoms with Crippen LogP contribution in [0.3, 0.4) is 0 Å². The highest BCUT2D eigenvalue weighted by molar-refractivity contribution is 7.89. The third-order valence-corrected chi connectivity index (χ3v) is 7.11. The number of carbonyl (C=O) groups is 1. The highest BCUT2D eigenvalue weighted by Gasteiger charge is 2.28. The lowest BCUT2D eigenvalue weighted by molar-refractivity contribution is -0.142. The Hall–Kier alpha value is -2.39. The highest BCUT2D eigenvalue weighted by Crippen LogP contribution is 2.29. The summed E-state index contributed by atoms with van der Waals surface area (Å²) in [5.74, 6) is -0.328. The van der Waals surface area contributed by atoms with Crippen LogP contribution in [0.5, 0.6) is 5.75 Å². The van der Waals surface area contributed by atoms with E-state index >= 15 is 0 Å². The number of sulfonamides is 1. The Morgan fingerprint density at radius 3 is 2.45 bits per heavy atom. The van der Waals surface area contributed by atoms with E-state index in [1.807, 2.05) is 30.3 Å². The molecule has 1 heterocycles. The molecule has 1 aliphatic heterocycles. The molecule has 0 amide bonds. The fraction of sp³-hybridized carbons (Fsp3) is 0.318. The maximum atomic E-state index is 13.0. The van der Waals surface area contributed by atoms with E-state index in [-0.39, 0.29) is 22.3 Å². The minimum atomic E-state index is -3.67. The number of halogens is 1. The molecule has 2 aromatic rings. The zero-order valence-electron chi connectivity index (χ0n) is 17.2. The van der Waals surface area contributed by atoms with Crippen LogP contribution < -0.4 is 4.74 Å². The molecule has 0 aliphatic carbocycles. The third-order valence-electron chi connectivity index (χ3n) is 4.92. The van der Waals surface area contributed by atoms with Crippen LogP contribution in [0.1, 0.15) is 5.56 Å². The quantitative estimate of drug-likeness (QED) is 0.559. The largest absolute Gasteiger partial charge is 0.480 e. The van der Waals surface area contributed by atoms with Crippen molar-refractivity contribution in [2.24, 2.45) is 0 Å². The summed E-state index contributed by atoms with van der Waals surface area (Å²) in [6.07, 6.45) is 4.15. The van der Waals surface area contributed by atoms with E-state index in [1.54, 1.807) is 0 Å².